The summed E-state index contributed by atoms with van der Waals surface area (Å²) in [5.41, 5.74) is 0.227. The molecule has 1 fully saturated rings. The zero-order valence-electron chi connectivity index (χ0n) is 10.0. The van der Waals surface area contributed by atoms with Gasteiger partial charge in [-0.3, -0.25) is 0 Å². The lowest BCUT2D eigenvalue weighted by Crippen LogP contribution is -2.17. The topological polar surface area (TPSA) is 62.2 Å². The van der Waals surface area contributed by atoms with Crippen molar-refractivity contribution >= 4 is 11.8 Å². The monoisotopic (exact) mass is 234 g/mol. The number of hydrogen-bond acceptors (Lipinski definition) is 3. The first-order valence-electron chi connectivity index (χ1n) is 6.10. The first kappa shape index (κ1) is 11.9. The van der Waals surface area contributed by atoms with Gasteiger partial charge in [0.05, 0.1) is 5.56 Å². The number of anilines is 1. The summed E-state index contributed by atoms with van der Waals surface area (Å²) >= 11 is 0. The molecule has 1 aliphatic carbocycles. The Bertz CT molecular complexity index is 389. The van der Waals surface area contributed by atoms with Crippen LogP contribution in [0.2, 0.25) is 0 Å². The van der Waals surface area contributed by atoms with Crippen molar-refractivity contribution in [3.63, 3.8) is 0 Å². The minimum absolute atomic E-state index is 0.227. The van der Waals surface area contributed by atoms with E-state index in [1.165, 1.54) is 25.5 Å². The summed E-state index contributed by atoms with van der Waals surface area (Å²) in [6.07, 6.45) is 5.31. The summed E-state index contributed by atoms with van der Waals surface area (Å²) < 4.78 is 0. The minimum Gasteiger partial charge on any atom is -0.478 e. The molecule has 0 radical (unpaired) electrons. The fourth-order valence-electron chi connectivity index (χ4n) is 2.39. The first-order valence-corrected chi connectivity index (χ1v) is 6.10. The maximum absolute atomic E-state index is 10.7. The van der Waals surface area contributed by atoms with Crippen LogP contribution in [-0.2, 0) is 0 Å². The number of aromatic carboxylic acids is 1. The lowest BCUT2D eigenvalue weighted by atomic mass is 9.98. The van der Waals surface area contributed by atoms with Crippen LogP contribution >= 0.6 is 0 Å². The van der Waals surface area contributed by atoms with Gasteiger partial charge in [-0.05, 0) is 30.4 Å². The Morgan fingerprint density at radius 2 is 2.35 bits per heavy atom. The van der Waals surface area contributed by atoms with Crippen molar-refractivity contribution in [3.05, 3.63) is 23.9 Å². The van der Waals surface area contributed by atoms with E-state index in [9.17, 15) is 4.79 Å². The smallest absolute Gasteiger partial charge is 0.337 e. The SMILES string of the molecule is CC1CCCC1CNc1ccc(C(=O)O)cn1. The number of nitrogens with zero attached hydrogens (tertiary/aromatic N) is 1. The highest BCUT2D eigenvalue weighted by Crippen LogP contribution is 2.30. The second-order valence-electron chi connectivity index (χ2n) is 4.79. The van der Waals surface area contributed by atoms with Crippen LogP contribution in [-0.4, -0.2) is 22.6 Å². The minimum atomic E-state index is -0.937. The molecule has 92 valence electrons. The van der Waals surface area contributed by atoms with Crippen LogP contribution in [0, 0.1) is 11.8 Å². The van der Waals surface area contributed by atoms with Crippen molar-refractivity contribution in [1.82, 2.24) is 4.98 Å². The van der Waals surface area contributed by atoms with Crippen LogP contribution in [0.15, 0.2) is 18.3 Å². The third kappa shape index (κ3) is 2.96. The Balaban J connectivity index is 1.88. The molecule has 1 heterocycles. The van der Waals surface area contributed by atoms with Crippen LogP contribution in [0.5, 0.6) is 0 Å². The molecule has 4 nitrogen and oxygen atoms in total. The fourth-order valence-corrected chi connectivity index (χ4v) is 2.39. The van der Waals surface area contributed by atoms with Crippen molar-refractivity contribution in [3.8, 4) is 0 Å². The van der Waals surface area contributed by atoms with Gasteiger partial charge in [0.1, 0.15) is 5.82 Å². The molecule has 0 saturated heterocycles. The zero-order valence-corrected chi connectivity index (χ0v) is 10.0. The molecule has 4 heteroatoms. The van der Waals surface area contributed by atoms with E-state index in [4.69, 9.17) is 5.11 Å². The van der Waals surface area contributed by atoms with Gasteiger partial charge in [0.2, 0.25) is 0 Å². The lowest BCUT2D eigenvalue weighted by molar-refractivity contribution is 0.0696. The molecular weight excluding hydrogens is 216 g/mol. The molecular formula is C13H18N2O2. The molecule has 0 spiro atoms. The van der Waals surface area contributed by atoms with Gasteiger partial charge in [0.25, 0.3) is 0 Å². The van der Waals surface area contributed by atoms with Crippen molar-refractivity contribution in [2.75, 3.05) is 11.9 Å². The summed E-state index contributed by atoms with van der Waals surface area (Å²) in [5, 5.41) is 12.0. The van der Waals surface area contributed by atoms with E-state index < -0.39 is 5.97 Å². The molecule has 17 heavy (non-hydrogen) atoms. The Hall–Kier alpha value is -1.58. The van der Waals surface area contributed by atoms with E-state index >= 15 is 0 Å². The van der Waals surface area contributed by atoms with Crippen LogP contribution in [0.25, 0.3) is 0 Å². The number of carboxylic acids is 1. The highest BCUT2D eigenvalue weighted by Gasteiger charge is 2.22. The highest BCUT2D eigenvalue weighted by molar-refractivity contribution is 5.87. The molecule has 2 unspecified atom stereocenters. The number of hydrogen-bond donors (Lipinski definition) is 2. The maximum Gasteiger partial charge on any atom is 0.337 e. The standard InChI is InChI=1S/C13H18N2O2/c1-9-3-2-4-10(9)7-14-12-6-5-11(8-15-12)13(16)17/h5-6,8-10H,2-4,7H2,1H3,(H,14,15)(H,16,17). The van der Waals surface area contributed by atoms with Gasteiger partial charge in [-0.25, -0.2) is 9.78 Å². The Morgan fingerprint density at radius 1 is 1.53 bits per heavy atom. The average molecular weight is 234 g/mol. The maximum atomic E-state index is 10.7. The van der Waals surface area contributed by atoms with Gasteiger partial charge >= 0.3 is 5.97 Å². The predicted octanol–water partition coefficient (Wildman–Crippen LogP) is 2.63. The highest BCUT2D eigenvalue weighted by atomic mass is 16.4. The number of pyridine rings is 1. The van der Waals surface area contributed by atoms with Crippen molar-refractivity contribution < 1.29 is 9.90 Å². The Morgan fingerprint density at radius 3 is 2.88 bits per heavy atom. The van der Waals surface area contributed by atoms with E-state index in [2.05, 4.69) is 17.2 Å². The van der Waals surface area contributed by atoms with Gasteiger partial charge in [-0.1, -0.05) is 19.8 Å². The van der Waals surface area contributed by atoms with Crippen LogP contribution in [0.3, 0.4) is 0 Å². The van der Waals surface area contributed by atoms with Crippen molar-refractivity contribution in [1.29, 1.82) is 0 Å². The number of nitrogens with one attached hydrogen (secondary N) is 1. The van der Waals surface area contributed by atoms with E-state index in [0.717, 1.165) is 24.2 Å². The summed E-state index contributed by atoms with van der Waals surface area (Å²) in [6, 6.07) is 3.30. The third-order valence-corrected chi connectivity index (χ3v) is 3.59. The van der Waals surface area contributed by atoms with Gasteiger partial charge in [0, 0.05) is 12.7 Å². The number of rotatable bonds is 4. The lowest BCUT2D eigenvalue weighted by Gasteiger charge is -2.16. The number of aromatic nitrogens is 1. The molecule has 0 aromatic carbocycles. The van der Waals surface area contributed by atoms with Crippen molar-refractivity contribution in [2.24, 2.45) is 11.8 Å². The number of carboxylic acid groups (broad SMARTS) is 1. The zero-order chi connectivity index (χ0) is 12.3. The molecule has 2 N–H and O–H groups in total. The molecule has 1 aromatic rings. The van der Waals surface area contributed by atoms with Crippen LogP contribution < -0.4 is 5.32 Å². The Labute approximate surface area is 101 Å². The average Bonchev–Trinajstić information content (AvgIpc) is 2.73. The van der Waals surface area contributed by atoms with Crippen LogP contribution in [0.4, 0.5) is 5.82 Å². The third-order valence-electron chi connectivity index (χ3n) is 3.59. The number of carbonyl (C=O) groups is 1. The predicted molar refractivity (Wildman–Crippen MR) is 66.2 cm³/mol. The van der Waals surface area contributed by atoms with E-state index in [1.54, 1.807) is 12.1 Å². The molecule has 2 rings (SSSR count). The molecule has 0 bridgehead atoms. The Kier molecular flexibility index (Phi) is 3.61. The van der Waals surface area contributed by atoms with Gasteiger partial charge < -0.3 is 10.4 Å². The normalized spacial score (nSPS) is 23.6. The molecule has 0 amide bonds. The van der Waals surface area contributed by atoms with Crippen molar-refractivity contribution in [2.45, 2.75) is 26.2 Å². The molecule has 1 aromatic heterocycles. The summed E-state index contributed by atoms with van der Waals surface area (Å²) in [6.45, 7) is 3.22. The first-order chi connectivity index (χ1) is 8.16. The summed E-state index contributed by atoms with van der Waals surface area (Å²) in [7, 11) is 0. The van der Waals surface area contributed by atoms with Gasteiger partial charge in [0.15, 0.2) is 0 Å². The van der Waals surface area contributed by atoms with Gasteiger partial charge in [-0.15, -0.1) is 0 Å². The van der Waals surface area contributed by atoms with E-state index in [1.807, 2.05) is 0 Å². The molecule has 2 atom stereocenters. The van der Waals surface area contributed by atoms with Crippen LogP contribution in [0.1, 0.15) is 36.5 Å². The van der Waals surface area contributed by atoms with Gasteiger partial charge in [-0.2, -0.15) is 0 Å². The van der Waals surface area contributed by atoms with E-state index in [-0.39, 0.29) is 5.56 Å². The molecule has 1 saturated carbocycles. The second kappa shape index (κ2) is 5.17. The largest absolute Gasteiger partial charge is 0.478 e. The second-order valence-corrected chi connectivity index (χ2v) is 4.79. The van der Waals surface area contributed by atoms with E-state index in [0.29, 0.717) is 0 Å². The molecule has 0 aliphatic heterocycles. The summed E-state index contributed by atoms with van der Waals surface area (Å²) in [4.78, 5) is 14.8. The summed E-state index contributed by atoms with van der Waals surface area (Å²) in [5.74, 6) is 1.32. The fraction of sp³-hybridized carbons (Fsp3) is 0.538. The quantitative estimate of drug-likeness (QED) is 0.840. The molecule has 1 aliphatic rings.